The fourth-order valence-electron chi connectivity index (χ4n) is 4.01. The third kappa shape index (κ3) is 3.23. The molecule has 1 aromatic carbocycles. The highest BCUT2D eigenvalue weighted by Crippen LogP contribution is 2.31. The van der Waals surface area contributed by atoms with Gasteiger partial charge in [-0.25, -0.2) is 0 Å². The van der Waals surface area contributed by atoms with Gasteiger partial charge in [0, 0.05) is 29.8 Å². The van der Waals surface area contributed by atoms with Gasteiger partial charge in [0.2, 0.25) is 5.88 Å². The fourth-order valence-corrected chi connectivity index (χ4v) is 4.01. The number of piperidine rings is 1. The summed E-state index contributed by atoms with van der Waals surface area (Å²) in [5.74, 6) is 0.629. The van der Waals surface area contributed by atoms with Crippen molar-refractivity contribution in [2.75, 3.05) is 0 Å². The summed E-state index contributed by atoms with van der Waals surface area (Å²) in [5, 5.41) is 30.5. The lowest BCUT2D eigenvalue weighted by atomic mass is 10.0. The Bertz CT molecular complexity index is 916. The van der Waals surface area contributed by atoms with E-state index >= 15 is 0 Å². The molecule has 2 atom stereocenters. The lowest BCUT2D eigenvalue weighted by molar-refractivity contribution is 0.130. The Morgan fingerprint density at radius 3 is 2.44 bits per heavy atom. The summed E-state index contributed by atoms with van der Waals surface area (Å²) >= 11 is 0. The highest BCUT2D eigenvalue weighted by Gasteiger charge is 2.34. The number of benzene rings is 1. The van der Waals surface area contributed by atoms with Gasteiger partial charge in [-0.3, -0.25) is 0 Å². The largest absolute Gasteiger partial charge is 0.507 e. The molecule has 3 aromatic rings. The molecule has 2 saturated heterocycles. The highest BCUT2D eigenvalue weighted by molar-refractivity contribution is 5.68. The average Bonchev–Trinajstić information content (AvgIpc) is 3.32. The van der Waals surface area contributed by atoms with Gasteiger partial charge in [-0.15, -0.1) is 10.2 Å². The van der Waals surface area contributed by atoms with E-state index in [1.54, 1.807) is 24.5 Å². The van der Waals surface area contributed by atoms with Crippen LogP contribution in [0.15, 0.2) is 42.7 Å². The van der Waals surface area contributed by atoms with Crippen molar-refractivity contribution in [1.29, 1.82) is 0 Å². The number of phenolic OH excluding ortho intramolecular Hbond substituents is 1. The molecule has 8 heteroatoms. The fraction of sp³-hybridized carbons (Fsp3) is 0.368. The van der Waals surface area contributed by atoms with Gasteiger partial charge in [-0.05, 0) is 43.9 Å². The Hall–Kier alpha value is -3.00. The molecule has 2 aliphatic rings. The van der Waals surface area contributed by atoms with Crippen LogP contribution in [0.25, 0.3) is 16.9 Å². The van der Waals surface area contributed by atoms with Crippen molar-refractivity contribution in [1.82, 2.24) is 30.5 Å². The van der Waals surface area contributed by atoms with Crippen LogP contribution >= 0.6 is 0 Å². The molecule has 2 fully saturated rings. The summed E-state index contributed by atoms with van der Waals surface area (Å²) in [6, 6.07) is 9.98. The van der Waals surface area contributed by atoms with Crippen molar-refractivity contribution in [3.63, 3.8) is 0 Å². The number of ether oxygens (including phenoxy) is 1. The third-order valence-corrected chi connectivity index (χ3v) is 5.26. The number of nitrogens with zero attached hydrogens (tertiary/aromatic N) is 5. The predicted molar refractivity (Wildman–Crippen MR) is 97.6 cm³/mol. The second-order valence-electron chi connectivity index (χ2n) is 7.13. The van der Waals surface area contributed by atoms with E-state index in [-0.39, 0.29) is 11.9 Å². The molecular formula is C19H20N6O2. The number of hydrogen-bond acceptors (Lipinski definition) is 7. The zero-order valence-electron chi connectivity index (χ0n) is 14.7. The quantitative estimate of drug-likeness (QED) is 0.731. The van der Waals surface area contributed by atoms with Crippen molar-refractivity contribution in [2.45, 2.75) is 43.9 Å². The van der Waals surface area contributed by atoms with Crippen LogP contribution in [0.5, 0.6) is 11.6 Å². The number of hydrogen-bond donors (Lipinski definition) is 2. The molecule has 0 saturated carbocycles. The highest BCUT2D eigenvalue weighted by atomic mass is 16.5. The summed E-state index contributed by atoms with van der Waals surface area (Å²) in [5.41, 5.74) is 1.87. The van der Waals surface area contributed by atoms with Crippen molar-refractivity contribution >= 4 is 0 Å². The van der Waals surface area contributed by atoms with E-state index in [0.717, 1.165) is 12.8 Å². The SMILES string of the molecule is Oc1cc(-n2nccn2)ccc1-c1ccc(OC2CC3CCC(C2)N3)nn1. The van der Waals surface area contributed by atoms with Crippen LogP contribution in [0.1, 0.15) is 25.7 Å². The molecule has 0 amide bonds. The molecule has 0 aliphatic carbocycles. The molecular weight excluding hydrogens is 344 g/mol. The van der Waals surface area contributed by atoms with Crippen LogP contribution < -0.4 is 10.1 Å². The van der Waals surface area contributed by atoms with Crippen molar-refractivity contribution in [2.24, 2.45) is 0 Å². The van der Waals surface area contributed by atoms with Gasteiger partial charge in [0.1, 0.15) is 11.9 Å². The Morgan fingerprint density at radius 1 is 1.00 bits per heavy atom. The number of nitrogens with one attached hydrogen (secondary N) is 1. The minimum atomic E-state index is 0.0997. The molecule has 5 rings (SSSR count). The van der Waals surface area contributed by atoms with Crippen molar-refractivity contribution in [3.8, 4) is 28.6 Å². The van der Waals surface area contributed by atoms with Crippen LogP contribution in [0.4, 0.5) is 0 Å². The molecule has 2 aliphatic heterocycles. The maximum absolute atomic E-state index is 10.4. The van der Waals surface area contributed by atoms with Gasteiger partial charge in [0.15, 0.2) is 0 Å². The smallest absolute Gasteiger partial charge is 0.233 e. The van der Waals surface area contributed by atoms with E-state index in [0.29, 0.717) is 34.9 Å². The molecule has 2 bridgehead atoms. The van der Waals surface area contributed by atoms with Gasteiger partial charge in [-0.2, -0.15) is 15.0 Å². The summed E-state index contributed by atoms with van der Waals surface area (Å²) < 4.78 is 6.03. The molecule has 138 valence electrons. The maximum atomic E-state index is 10.4. The van der Waals surface area contributed by atoms with E-state index in [9.17, 15) is 5.11 Å². The lowest BCUT2D eigenvalue weighted by Gasteiger charge is -2.28. The minimum absolute atomic E-state index is 0.0997. The summed E-state index contributed by atoms with van der Waals surface area (Å²) in [6.07, 6.45) is 7.87. The monoisotopic (exact) mass is 364 g/mol. The van der Waals surface area contributed by atoms with Gasteiger partial charge >= 0.3 is 0 Å². The topological polar surface area (TPSA) is 98.0 Å². The van der Waals surface area contributed by atoms with Crippen LogP contribution in [0.2, 0.25) is 0 Å². The Labute approximate surface area is 156 Å². The number of rotatable bonds is 4. The van der Waals surface area contributed by atoms with Gasteiger partial charge in [-0.1, -0.05) is 0 Å². The van der Waals surface area contributed by atoms with Crippen LogP contribution in [-0.2, 0) is 0 Å². The standard InChI is InChI=1S/C19H20N6O2/c26-18-11-14(25-20-7-8-21-25)3-4-16(18)17-5-6-19(24-23-17)27-15-9-12-1-2-13(10-15)22-12/h3-8,11-13,15,22,26H,1-2,9-10H2. The number of phenols is 1. The van der Waals surface area contributed by atoms with Crippen molar-refractivity contribution < 1.29 is 9.84 Å². The van der Waals surface area contributed by atoms with E-state index in [2.05, 4.69) is 25.7 Å². The Morgan fingerprint density at radius 2 is 1.78 bits per heavy atom. The van der Waals surface area contributed by atoms with Gasteiger partial charge < -0.3 is 15.2 Å². The molecule has 2 N–H and O–H groups in total. The van der Waals surface area contributed by atoms with Gasteiger partial charge in [0.05, 0.1) is 23.8 Å². The lowest BCUT2D eigenvalue weighted by Crippen LogP contribution is -2.42. The Balaban J connectivity index is 1.31. The van der Waals surface area contributed by atoms with Crippen LogP contribution in [0, 0.1) is 0 Å². The first-order valence-corrected chi connectivity index (χ1v) is 9.21. The summed E-state index contributed by atoms with van der Waals surface area (Å²) in [7, 11) is 0. The number of aromatic hydroxyl groups is 1. The number of aromatic nitrogens is 5. The van der Waals surface area contributed by atoms with Crippen LogP contribution in [0.3, 0.4) is 0 Å². The normalized spacial score (nSPS) is 24.1. The Kier molecular flexibility index (Phi) is 3.97. The molecule has 0 spiro atoms. The first kappa shape index (κ1) is 16.2. The second-order valence-corrected chi connectivity index (χ2v) is 7.13. The molecule has 27 heavy (non-hydrogen) atoms. The van der Waals surface area contributed by atoms with E-state index in [1.807, 2.05) is 18.2 Å². The summed E-state index contributed by atoms with van der Waals surface area (Å²) in [4.78, 5) is 1.44. The van der Waals surface area contributed by atoms with E-state index < -0.39 is 0 Å². The first-order valence-electron chi connectivity index (χ1n) is 9.21. The predicted octanol–water partition coefficient (Wildman–Crippen LogP) is 2.09. The van der Waals surface area contributed by atoms with Crippen LogP contribution in [-0.4, -0.2) is 48.5 Å². The van der Waals surface area contributed by atoms with Crippen molar-refractivity contribution in [3.05, 3.63) is 42.7 Å². The third-order valence-electron chi connectivity index (χ3n) is 5.26. The first-order chi connectivity index (χ1) is 13.2. The molecule has 4 heterocycles. The zero-order chi connectivity index (χ0) is 18.2. The molecule has 2 unspecified atom stereocenters. The summed E-state index contributed by atoms with van der Waals surface area (Å²) in [6.45, 7) is 0. The number of fused-ring (bicyclic) bond motifs is 2. The minimum Gasteiger partial charge on any atom is -0.507 e. The zero-order valence-corrected chi connectivity index (χ0v) is 14.7. The van der Waals surface area contributed by atoms with Gasteiger partial charge in [0.25, 0.3) is 0 Å². The molecule has 2 aromatic heterocycles. The van der Waals surface area contributed by atoms with E-state index in [1.165, 1.54) is 17.6 Å². The average molecular weight is 364 g/mol. The van der Waals surface area contributed by atoms with E-state index in [4.69, 9.17) is 4.74 Å². The molecule has 0 radical (unpaired) electrons. The maximum Gasteiger partial charge on any atom is 0.233 e. The second kappa shape index (κ2) is 6.62. The molecule has 8 nitrogen and oxygen atoms in total.